The standard InChI is InChI=1S/C19H20N2/c1-21(14-15-7-3-2-4-8-15)19-12-11-16(13-20)17-9-5-6-10-18(17)19/h2-12H,13-14,20H2,1H3. The lowest BCUT2D eigenvalue weighted by atomic mass is 10.0. The van der Waals surface area contributed by atoms with Gasteiger partial charge in [0.25, 0.3) is 0 Å². The quantitative estimate of drug-likeness (QED) is 0.782. The number of fused-ring (bicyclic) bond motifs is 1. The van der Waals surface area contributed by atoms with Gasteiger partial charge < -0.3 is 10.6 Å². The Morgan fingerprint density at radius 2 is 1.48 bits per heavy atom. The molecule has 3 aromatic carbocycles. The normalized spacial score (nSPS) is 10.8. The average molecular weight is 276 g/mol. The lowest BCUT2D eigenvalue weighted by Gasteiger charge is -2.22. The van der Waals surface area contributed by atoms with Crippen LogP contribution in [0.3, 0.4) is 0 Å². The van der Waals surface area contributed by atoms with Crippen molar-refractivity contribution in [2.45, 2.75) is 13.1 Å². The fourth-order valence-corrected chi connectivity index (χ4v) is 2.80. The van der Waals surface area contributed by atoms with Crippen LogP contribution in [0.15, 0.2) is 66.7 Å². The molecule has 0 aliphatic carbocycles. The van der Waals surface area contributed by atoms with Crippen molar-refractivity contribution < 1.29 is 0 Å². The van der Waals surface area contributed by atoms with E-state index < -0.39 is 0 Å². The lowest BCUT2D eigenvalue weighted by Crippen LogP contribution is -2.16. The van der Waals surface area contributed by atoms with E-state index in [2.05, 4.69) is 78.7 Å². The van der Waals surface area contributed by atoms with E-state index in [9.17, 15) is 0 Å². The average Bonchev–Trinajstić information content (AvgIpc) is 2.54. The van der Waals surface area contributed by atoms with Crippen LogP contribution in [0, 0.1) is 0 Å². The lowest BCUT2D eigenvalue weighted by molar-refractivity contribution is 0.927. The molecule has 2 nitrogen and oxygen atoms in total. The van der Waals surface area contributed by atoms with E-state index in [4.69, 9.17) is 5.73 Å². The highest BCUT2D eigenvalue weighted by Gasteiger charge is 2.08. The Balaban J connectivity index is 2.00. The molecule has 0 fully saturated rings. The highest BCUT2D eigenvalue weighted by atomic mass is 15.1. The summed E-state index contributed by atoms with van der Waals surface area (Å²) in [4.78, 5) is 2.29. The smallest absolute Gasteiger partial charge is 0.0446 e. The zero-order valence-corrected chi connectivity index (χ0v) is 12.3. The molecule has 21 heavy (non-hydrogen) atoms. The first-order valence-electron chi connectivity index (χ1n) is 7.25. The number of benzene rings is 3. The Morgan fingerprint density at radius 3 is 2.19 bits per heavy atom. The molecule has 2 heteroatoms. The van der Waals surface area contributed by atoms with Crippen molar-refractivity contribution in [3.8, 4) is 0 Å². The maximum atomic E-state index is 5.85. The summed E-state index contributed by atoms with van der Waals surface area (Å²) < 4.78 is 0. The van der Waals surface area contributed by atoms with Crippen LogP contribution >= 0.6 is 0 Å². The maximum absolute atomic E-state index is 5.85. The first-order valence-corrected chi connectivity index (χ1v) is 7.25. The molecule has 0 saturated heterocycles. The van der Waals surface area contributed by atoms with Gasteiger partial charge in [0, 0.05) is 31.2 Å². The van der Waals surface area contributed by atoms with Gasteiger partial charge in [-0.15, -0.1) is 0 Å². The molecule has 2 N–H and O–H groups in total. The Hall–Kier alpha value is -2.32. The van der Waals surface area contributed by atoms with E-state index in [1.807, 2.05) is 0 Å². The molecule has 106 valence electrons. The van der Waals surface area contributed by atoms with Crippen molar-refractivity contribution in [1.29, 1.82) is 0 Å². The SMILES string of the molecule is CN(Cc1ccccc1)c1ccc(CN)c2ccccc12. The Kier molecular flexibility index (Phi) is 3.89. The fraction of sp³-hybridized carbons (Fsp3) is 0.158. The van der Waals surface area contributed by atoms with E-state index in [0.717, 1.165) is 6.54 Å². The van der Waals surface area contributed by atoms with Crippen LogP contribution in [-0.4, -0.2) is 7.05 Å². The molecule has 0 bridgehead atoms. The minimum atomic E-state index is 0.573. The van der Waals surface area contributed by atoms with Gasteiger partial charge in [0.15, 0.2) is 0 Å². The van der Waals surface area contributed by atoms with Crippen LogP contribution in [0.25, 0.3) is 10.8 Å². The first-order chi connectivity index (χ1) is 10.3. The summed E-state index contributed by atoms with van der Waals surface area (Å²) in [5.74, 6) is 0. The molecule has 0 spiro atoms. The van der Waals surface area contributed by atoms with Gasteiger partial charge in [-0.1, -0.05) is 60.7 Å². The van der Waals surface area contributed by atoms with E-state index in [0.29, 0.717) is 6.54 Å². The summed E-state index contributed by atoms with van der Waals surface area (Å²) in [6.45, 7) is 1.47. The van der Waals surface area contributed by atoms with Gasteiger partial charge in [-0.25, -0.2) is 0 Å². The van der Waals surface area contributed by atoms with Gasteiger partial charge in [0.2, 0.25) is 0 Å². The first kappa shape index (κ1) is 13.7. The summed E-state index contributed by atoms with van der Waals surface area (Å²) in [6, 6.07) is 23.3. The van der Waals surface area contributed by atoms with Gasteiger partial charge in [-0.05, 0) is 22.6 Å². The number of hydrogen-bond donors (Lipinski definition) is 1. The van der Waals surface area contributed by atoms with E-state index in [1.54, 1.807) is 0 Å². The van der Waals surface area contributed by atoms with Gasteiger partial charge in [-0.2, -0.15) is 0 Å². The molecule has 0 amide bonds. The van der Waals surface area contributed by atoms with Crippen molar-refractivity contribution in [3.63, 3.8) is 0 Å². The summed E-state index contributed by atoms with van der Waals surface area (Å²) in [5.41, 5.74) is 9.60. The van der Waals surface area contributed by atoms with Crippen molar-refractivity contribution in [2.75, 3.05) is 11.9 Å². The predicted octanol–water partition coefficient (Wildman–Crippen LogP) is 3.93. The highest BCUT2D eigenvalue weighted by molar-refractivity contribution is 5.96. The molecule has 0 saturated carbocycles. The maximum Gasteiger partial charge on any atom is 0.0446 e. The molecule has 3 aromatic rings. The van der Waals surface area contributed by atoms with Gasteiger partial charge >= 0.3 is 0 Å². The molecular formula is C19H20N2. The Morgan fingerprint density at radius 1 is 0.810 bits per heavy atom. The van der Waals surface area contributed by atoms with E-state index in [-0.39, 0.29) is 0 Å². The fourth-order valence-electron chi connectivity index (χ4n) is 2.80. The van der Waals surface area contributed by atoms with Crippen LogP contribution in [0.1, 0.15) is 11.1 Å². The monoisotopic (exact) mass is 276 g/mol. The van der Waals surface area contributed by atoms with Crippen LogP contribution in [0.2, 0.25) is 0 Å². The second kappa shape index (κ2) is 5.98. The Bertz CT molecular complexity index is 735. The van der Waals surface area contributed by atoms with Crippen molar-refractivity contribution in [2.24, 2.45) is 5.73 Å². The van der Waals surface area contributed by atoms with Gasteiger partial charge in [0.05, 0.1) is 0 Å². The van der Waals surface area contributed by atoms with Crippen molar-refractivity contribution >= 4 is 16.5 Å². The third kappa shape index (κ3) is 2.76. The van der Waals surface area contributed by atoms with Crippen LogP contribution < -0.4 is 10.6 Å². The molecule has 0 aliphatic rings. The van der Waals surface area contributed by atoms with Crippen LogP contribution in [0.5, 0.6) is 0 Å². The molecular weight excluding hydrogens is 256 g/mol. The molecule has 0 aromatic heterocycles. The van der Waals surface area contributed by atoms with Crippen LogP contribution in [-0.2, 0) is 13.1 Å². The molecule has 0 unspecified atom stereocenters. The minimum absolute atomic E-state index is 0.573. The molecule has 0 radical (unpaired) electrons. The second-order valence-electron chi connectivity index (χ2n) is 5.34. The van der Waals surface area contributed by atoms with Gasteiger partial charge in [0.1, 0.15) is 0 Å². The van der Waals surface area contributed by atoms with Gasteiger partial charge in [-0.3, -0.25) is 0 Å². The predicted molar refractivity (Wildman–Crippen MR) is 90.4 cm³/mol. The van der Waals surface area contributed by atoms with E-state index in [1.165, 1.54) is 27.6 Å². The highest BCUT2D eigenvalue weighted by Crippen LogP contribution is 2.29. The summed E-state index contributed by atoms with van der Waals surface area (Å²) in [6.07, 6.45) is 0. The number of hydrogen-bond acceptors (Lipinski definition) is 2. The number of nitrogens with two attached hydrogens (primary N) is 1. The summed E-state index contributed by atoms with van der Waals surface area (Å²) in [7, 11) is 2.14. The molecule has 0 heterocycles. The van der Waals surface area contributed by atoms with E-state index >= 15 is 0 Å². The molecule has 0 atom stereocenters. The van der Waals surface area contributed by atoms with Crippen molar-refractivity contribution in [3.05, 3.63) is 77.9 Å². The summed E-state index contributed by atoms with van der Waals surface area (Å²) >= 11 is 0. The summed E-state index contributed by atoms with van der Waals surface area (Å²) in [5, 5.41) is 2.51. The van der Waals surface area contributed by atoms with Crippen molar-refractivity contribution in [1.82, 2.24) is 0 Å². The topological polar surface area (TPSA) is 29.3 Å². The molecule has 3 rings (SSSR count). The number of nitrogens with zero attached hydrogens (tertiary/aromatic N) is 1. The second-order valence-corrected chi connectivity index (χ2v) is 5.34. The minimum Gasteiger partial charge on any atom is -0.370 e. The Labute approximate surface area is 125 Å². The molecule has 0 aliphatic heterocycles. The number of rotatable bonds is 4. The zero-order valence-electron chi connectivity index (χ0n) is 12.3. The third-order valence-corrected chi connectivity index (χ3v) is 3.89. The third-order valence-electron chi connectivity index (χ3n) is 3.89. The van der Waals surface area contributed by atoms with Crippen LogP contribution in [0.4, 0.5) is 5.69 Å². The largest absolute Gasteiger partial charge is 0.370 e. The number of anilines is 1. The zero-order chi connectivity index (χ0) is 14.7.